The number of aromatic hydroxyl groups is 1. The summed E-state index contributed by atoms with van der Waals surface area (Å²) in [6.07, 6.45) is 9.77. The van der Waals surface area contributed by atoms with E-state index < -0.39 is 0 Å². The zero-order valence-electron chi connectivity index (χ0n) is 11.2. The van der Waals surface area contributed by atoms with Crippen LogP contribution in [-0.2, 0) is 0 Å². The number of hydrogen-bond donors (Lipinski definition) is 1. The van der Waals surface area contributed by atoms with Crippen molar-refractivity contribution in [1.82, 2.24) is 4.98 Å². The van der Waals surface area contributed by atoms with Gasteiger partial charge < -0.3 is 5.11 Å². The van der Waals surface area contributed by atoms with Crippen molar-refractivity contribution < 1.29 is 5.11 Å². The standard InChI is InChI=1S/C17H17NO/c1-13(3-4-15-7-9-18-10-8-15)11-16-5-6-17(19)14(2)12-16/h3-12,19H,1-2H3/b4-3+,13-11+. The number of aromatic nitrogens is 1. The highest BCUT2D eigenvalue weighted by Crippen LogP contribution is 2.19. The first kappa shape index (κ1) is 13.1. The topological polar surface area (TPSA) is 33.1 Å². The van der Waals surface area contributed by atoms with Gasteiger partial charge in [0.2, 0.25) is 0 Å². The summed E-state index contributed by atoms with van der Waals surface area (Å²) in [6, 6.07) is 9.54. The third-order valence-electron chi connectivity index (χ3n) is 2.86. The average molecular weight is 251 g/mol. The molecule has 0 aliphatic rings. The van der Waals surface area contributed by atoms with Crippen LogP contribution in [0.5, 0.6) is 5.75 Å². The fourth-order valence-electron chi connectivity index (χ4n) is 1.78. The van der Waals surface area contributed by atoms with Crippen LogP contribution in [-0.4, -0.2) is 10.1 Å². The molecular formula is C17H17NO. The Morgan fingerprint density at radius 3 is 2.53 bits per heavy atom. The Labute approximate surface area is 113 Å². The highest BCUT2D eigenvalue weighted by molar-refractivity contribution is 5.61. The van der Waals surface area contributed by atoms with E-state index in [0.717, 1.165) is 22.3 Å². The minimum absolute atomic E-state index is 0.335. The van der Waals surface area contributed by atoms with Gasteiger partial charge in [0.05, 0.1) is 0 Å². The average Bonchev–Trinajstić information content (AvgIpc) is 2.42. The lowest BCUT2D eigenvalue weighted by Gasteiger charge is -2.01. The third-order valence-corrected chi connectivity index (χ3v) is 2.86. The number of phenols is 1. The van der Waals surface area contributed by atoms with Crippen LogP contribution in [0.3, 0.4) is 0 Å². The van der Waals surface area contributed by atoms with E-state index >= 15 is 0 Å². The molecule has 1 aromatic heterocycles. The minimum Gasteiger partial charge on any atom is -0.508 e. The van der Waals surface area contributed by atoms with Gasteiger partial charge in [0, 0.05) is 12.4 Å². The SMILES string of the molecule is CC(/C=C/c1ccncc1)=C\c1ccc(O)c(C)c1. The zero-order chi connectivity index (χ0) is 13.7. The fourth-order valence-corrected chi connectivity index (χ4v) is 1.78. The maximum atomic E-state index is 9.49. The normalized spacial score (nSPS) is 12.0. The molecular weight excluding hydrogens is 234 g/mol. The summed E-state index contributed by atoms with van der Waals surface area (Å²) >= 11 is 0. The van der Waals surface area contributed by atoms with Crippen molar-refractivity contribution in [2.75, 3.05) is 0 Å². The lowest BCUT2D eigenvalue weighted by molar-refractivity contribution is 0.471. The Morgan fingerprint density at radius 2 is 1.84 bits per heavy atom. The number of aryl methyl sites for hydroxylation is 1. The summed E-state index contributed by atoms with van der Waals surface area (Å²) in [5, 5.41) is 9.49. The van der Waals surface area contributed by atoms with Crippen LogP contribution >= 0.6 is 0 Å². The Hall–Kier alpha value is -2.35. The van der Waals surface area contributed by atoms with E-state index in [4.69, 9.17) is 0 Å². The Morgan fingerprint density at radius 1 is 1.11 bits per heavy atom. The minimum atomic E-state index is 0.335. The lowest BCUT2D eigenvalue weighted by atomic mass is 10.1. The van der Waals surface area contributed by atoms with Crippen LogP contribution in [0.2, 0.25) is 0 Å². The monoisotopic (exact) mass is 251 g/mol. The van der Waals surface area contributed by atoms with Crippen molar-refractivity contribution in [1.29, 1.82) is 0 Å². The van der Waals surface area contributed by atoms with E-state index in [2.05, 4.69) is 30.1 Å². The maximum Gasteiger partial charge on any atom is 0.118 e. The summed E-state index contributed by atoms with van der Waals surface area (Å²) in [5.74, 6) is 0.335. The maximum absolute atomic E-state index is 9.49. The van der Waals surface area contributed by atoms with E-state index in [1.165, 1.54) is 0 Å². The van der Waals surface area contributed by atoms with Crippen LogP contribution in [0, 0.1) is 6.92 Å². The second kappa shape index (κ2) is 6.01. The summed E-state index contributed by atoms with van der Waals surface area (Å²) in [7, 11) is 0. The molecule has 0 aliphatic carbocycles. The van der Waals surface area contributed by atoms with Gasteiger partial charge in [0.15, 0.2) is 0 Å². The van der Waals surface area contributed by atoms with Crippen molar-refractivity contribution in [3.8, 4) is 5.75 Å². The first-order chi connectivity index (χ1) is 9.15. The zero-order valence-corrected chi connectivity index (χ0v) is 11.2. The highest BCUT2D eigenvalue weighted by Gasteiger charge is 1.95. The molecule has 19 heavy (non-hydrogen) atoms. The Balaban J connectivity index is 2.15. The van der Waals surface area contributed by atoms with Crippen LogP contribution in [0.1, 0.15) is 23.6 Å². The predicted molar refractivity (Wildman–Crippen MR) is 79.8 cm³/mol. The van der Waals surface area contributed by atoms with Crippen molar-refractivity contribution in [2.24, 2.45) is 0 Å². The molecule has 0 unspecified atom stereocenters. The number of allylic oxidation sites excluding steroid dienone is 2. The summed E-state index contributed by atoms with van der Waals surface area (Å²) in [4.78, 5) is 3.99. The molecule has 1 heterocycles. The highest BCUT2D eigenvalue weighted by atomic mass is 16.3. The molecule has 0 fully saturated rings. The van der Waals surface area contributed by atoms with E-state index in [-0.39, 0.29) is 0 Å². The summed E-state index contributed by atoms with van der Waals surface area (Å²) < 4.78 is 0. The molecule has 0 amide bonds. The molecule has 1 N–H and O–H groups in total. The third kappa shape index (κ3) is 3.81. The lowest BCUT2D eigenvalue weighted by Crippen LogP contribution is -1.79. The van der Waals surface area contributed by atoms with Gasteiger partial charge in [-0.05, 0) is 54.8 Å². The molecule has 0 atom stereocenters. The number of pyridine rings is 1. The van der Waals surface area contributed by atoms with Gasteiger partial charge in [-0.15, -0.1) is 0 Å². The molecule has 96 valence electrons. The fraction of sp³-hybridized carbons (Fsp3) is 0.118. The van der Waals surface area contributed by atoms with Crippen molar-refractivity contribution in [3.05, 3.63) is 71.1 Å². The molecule has 0 saturated heterocycles. The van der Waals surface area contributed by atoms with Gasteiger partial charge >= 0.3 is 0 Å². The second-order valence-corrected chi connectivity index (χ2v) is 4.55. The molecule has 2 nitrogen and oxygen atoms in total. The Kier molecular flexibility index (Phi) is 4.14. The number of benzene rings is 1. The first-order valence-electron chi connectivity index (χ1n) is 6.21. The summed E-state index contributed by atoms with van der Waals surface area (Å²) in [6.45, 7) is 3.95. The van der Waals surface area contributed by atoms with Crippen LogP contribution in [0.25, 0.3) is 12.2 Å². The molecule has 2 aromatic rings. The molecule has 0 bridgehead atoms. The number of nitrogens with zero attached hydrogens (tertiary/aromatic N) is 1. The molecule has 0 saturated carbocycles. The predicted octanol–water partition coefficient (Wildman–Crippen LogP) is 4.21. The van der Waals surface area contributed by atoms with Gasteiger partial charge in [0.25, 0.3) is 0 Å². The Bertz CT molecular complexity index is 612. The number of phenolic OH excluding ortho intramolecular Hbond substituents is 1. The number of hydrogen-bond acceptors (Lipinski definition) is 2. The van der Waals surface area contributed by atoms with Gasteiger partial charge in [-0.1, -0.05) is 29.9 Å². The van der Waals surface area contributed by atoms with Gasteiger partial charge in [-0.3, -0.25) is 4.98 Å². The number of rotatable bonds is 3. The first-order valence-corrected chi connectivity index (χ1v) is 6.21. The van der Waals surface area contributed by atoms with Crippen LogP contribution < -0.4 is 0 Å². The van der Waals surface area contributed by atoms with Crippen molar-refractivity contribution in [3.63, 3.8) is 0 Å². The quantitative estimate of drug-likeness (QED) is 0.829. The van der Waals surface area contributed by atoms with Gasteiger partial charge in [0.1, 0.15) is 5.75 Å². The van der Waals surface area contributed by atoms with Crippen LogP contribution in [0.4, 0.5) is 0 Å². The van der Waals surface area contributed by atoms with Crippen molar-refractivity contribution >= 4 is 12.2 Å². The molecule has 2 rings (SSSR count). The van der Waals surface area contributed by atoms with Gasteiger partial charge in [-0.2, -0.15) is 0 Å². The van der Waals surface area contributed by atoms with Crippen LogP contribution in [0.15, 0.2) is 54.4 Å². The van der Waals surface area contributed by atoms with Gasteiger partial charge in [-0.25, -0.2) is 0 Å². The molecule has 2 heteroatoms. The van der Waals surface area contributed by atoms with E-state index in [1.807, 2.05) is 31.2 Å². The molecule has 0 aliphatic heterocycles. The second-order valence-electron chi connectivity index (χ2n) is 4.55. The molecule has 1 aromatic carbocycles. The van der Waals surface area contributed by atoms with E-state index in [0.29, 0.717) is 5.75 Å². The largest absolute Gasteiger partial charge is 0.508 e. The molecule has 0 radical (unpaired) electrons. The smallest absolute Gasteiger partial charge is 0.118 e. The van der Waals surface area contributed by atoms with E-state index in [1.54, 1.807) is 18.5 Å². The van der Waals surface area contributed by atoms with E-state index in [9.17, 15) is 5.11 Å². The summed E-state index contributed by atoms with van der Waals surface area (Å²) in [5.41, 5.74) is 4.26. The molecule has 0 spiro atoms. The van der Waals surface area contributed by atoms with Crippen molar-refractivity contribution in [2.45, 2.75) is 13.8 Å².